The van der Waals surface area contributed by atoms with E-state index in [-0.39, 0.29) is 38.6 Å². The minimum atomic E-state index is -0.608. The van der Waals surface area contributed by atoms with Crippen LogP contribution >= 0.6 is 0 Å². The molecule has 0 spiro atoms. The molecule has 2 saturated heterocycles. The number of amides is 1. The summed E-state index contributed by atoms with van der Waals surface area (Å²) in [6.07, 6.45) is 2.14. The molecule has 38 heavy (non-hydrogen) atoms. The van der Waals surface area contributed by atoms with E-state index < -0.39 is 40.5 Å². The first-order valence-corrected chi connectivity index (χ1v) is 12.4. The highest BCUT2D eigenvalue weighted by Crippen LogP contribution is 2.42. The zero-order valence-electron chi connectivity index (χ0n) is 22.1. The van der Waals surface area contributed by atoms with Crippen LogP contribution in [-0.4, -0.2) is 85.6 Å². The lowest BCUT2D eigenvalue weighted by Crippen LogP contribution is -2.42. The Morgan fingerprint density at radius 1 is 0.974 bits per heavy atom. The SMILES string of the molecule is C=C1NC(=O)C(C)=CN1[C@H]1CC(C)(CO)[C@@H](CO)O1.Cc1cn([C@@H]2C[C@](C)(CO)[C@@H](CO)O2)c(=O)[nH]c1=O. The maximum absolute atomic E-state index is 11.8. The van der Waals surface area contributed by atoms with Gasteiger partial charge in [0.2, 0.25) is 0 Å². The van der Waals surface area contributed by atoms with Gasteiger partial charge in [-0.1, -0.05) is 20.4 Å². The fraction of sp³-hybridized carbons (Fsp3) is 0.640. The molecule has 212 valence electrons. The summed E-state index contributed by atoms with van der Waals surface area (Å²) in [5.41, 5.74) is -1.12. The summed E-state index contributed by atoms with van der Waals surface area (Å²) < 4.78 is 12.7. The first-order chi connectivity index (χ1) is 17.8. The van der Waals surface area contributed by atoms with Gasteiger partial charge in [0.25, 0.3) is 11.5 Å². The van der Waals surface area contributed by atoms with E-state index in [9.17, 15) is 34.8 Å². The molecule has 6 N–H and O–H groups in total. The topological polar surface area (TPSA) is 187 Å². The van der Waals surface area contributed by atoms with Gasteiger partial charge < -0.3 is 40.1 Å². The van der Waals surface area contributed by atoms with Crippen molar-refractivity contribution in [3.63, 3.8) is 0 Å². The molecule has 3 aliphatic rings. The van der Waals surface area contributed by atoms with Crippen LogP contribution in [0.3, 0.4) is 0 Å². The third-order valence-corrected chi connectivity index (χ3v) is 7.56. The number of aliphatic hydroxyl groups is 4. The summed E-state index contributed by atoms with van der Waals surface area (Å²) >= 11 is 0. The zero-order chi connectivity index (χ0) is 28.4. The number of nitrogens with zero attached hydrogens (tertiary/aromatic N) is 2. The van der Waals surface area contributed by atoms with Crippen LogP contribution in [0.1, 0.15) is 45.4 Å². The third-order valence-electron chi connectivity index (χ3n) is 7.56. The Kier molecular flexibility index (Phi) is 9.01. The van der Waals surface area contributed by atoms with E-state index in [1.165, 1.54) is 10.8 Å². The Hall–Kier alpha value is -2.81. The van der Waals surface area contributed by atoms with Crippen molar-refractivity contribution in [3.8, 4) is 0 Å². The predicted molar refractivity (Wildman–Crippen MR) is 135 cm³/mol. The minimum Gasteiger partial charge on any atom is -0.396 e. The molecule has 0 aliphatic carbocycles. The van der Waals surface area contributed by atoms with Gasteiger partial charge in [-0.15, -0.1) is 0 Å². The van der Waals surface area contributed by atoms with Crippen molar-refractivity contribution in [2.24, 2.45) is 10.8 Å². The number of ether oxygens (including phenoxy) is 2. The Morgan fingerprint density at radius 3 is 2.00 bits per heavy atom. The molecular formula is C25H38N4O9. The Balaban J connectivity index is 0.000000211. The lowest BCUT2D eigenvalue weighted by Gasteiger charge is -2.32. The smallest absolute Gasteiger partial charge is 0.330 e. The average Bonchev–Trinajstić information content (AvgIpc) is 3.41. The number of carbonyl (C=O) groups is 1. The normalized spacial score (nSPS) is 33.1. The number of aromatic nitrogens is 2. The van der Waals surface area contributed by atoms with Crippen molar-refractivity contribution >= 4 is 5.91 Å². The van der Waals surface area contributed by atoms with Gasteiger partial charge in [-0.05, 0) is 13.8 Å². The monoisotopic (exact) mass is 538 g/mol. The Bertz CT molecular complexity index is 1190. The highest BCUT2D eigenvalue weighted by molar-refractivity contribution is 5.94. The van der Waals surface area contributed by atoms with Gasteiger partial charge in [0, 0.05) is 47.2 Å². The number of hydrogen-bond donors (Lipinski definition) is 6. The molecule has 0 radical (unpaired) electrons. The molecule has 2 fully saturated rings. The van der Waals surface area contributed by atoms with Gasteiger partial charge >= 0.3 is 5.69 Å². The molecule has 1 aromatic rings. The summed E-state index contributed by atoms with van der Waals surface area (Å²) in [5, 5.41) is 40.2. The molecule has 13 nitrogen and oxygen atoms in total. The van der Waals surface area contributed by atoms with E-state index in [0.717, 1.165) is 0 Å². The van der Waals surface area contributed by atoms with Gasteiger partial charge in [0.1, 0.15) is 18.3 Å². The second-order valence-electron chi connectivity index (χ2n) is 10.7. The van der Waals surface area contributed by atoms with Crippen molar-refractivity contribution < 1.29 is 34.7 Å². The summed E-state index contributed by atoms with van der Waals surface area (Å²) in [4.78, 5) is 38.5. The van der Waals surface area contributed by atoms with Crippen LogP contribution in [0.5, 0.6) is 0 Å². The average molecular weight is 539 g/mol. The van der Waals surface area contributed by atoms with Gasteiger partial charge in [0.05, 0.1) is 38.6 Å². The first kappa shape index (κ1) is 29.7. The number of H-pyrrole nitrogens is 1. The zero-order valence-corrected chi connectivity index (χ0v) is 22.1. The standard InChI is InChI=1S/C13H20N2O4.C12H18N2O5/c1-8-5-15(9(2)14-12(8)18)11-4-13(3,7-17)10(6-16)19-11;1-7-4-14(11(18)13-10(7)17)9-3-12(2,6-16)8(5-15)19-9/h5,10-11,16-17H,2,4,6-7H2,1,3H3,(H,14,18);4,8-9,15-16H,3,5-6H2,1-2H3,(H,13,17,18)/t10-,11-,13?;8-,9+,12-/m11/s1. The fourth-order valence-corrected chi connectivity index (χ4v) is 4.75. The molecule has 1 amide bonds. The van der Waals surface area contributed by atoms with Crippen molar-refractivity contribution in [3.05, 3.63) is 56.8 Å². The van der Waals surface area contributed by atoms with Crippen molar-refractivity contribution in [2.75, 3.05) is 26.4 Å². The Morgan fingerprint density at radius 2 is 1.50 bits per heavy atom. The van der Waals surface area contributed by atoms with E-state index in [2.05, 4.69) is 16.9 Å². The van der Waals surface area contributed by atoms with Crippen molar-refractivity contribution in [2.45, 2.75) is 65.2 Å². The molecule has 1 aromatic heterocycles. The quantitative estimate of drug-likeness (QED) is 0.263. The minimum absolute atomic E-state index is 0.0654. The number of aliphatic hydroxyl groups excluding tert-OH is 4. The van der Waals surface area contributed by atoms with Crippen LogP contribution in [0.15, 0.2) is 40.0 Å². The molecule has 13 heteroatoms. The van der Waals surface area contributed by atoms with Crippen molar-refractivity contribution in [1.82, 2.24) is 19.8 Å². The number of aromatic amines is 1. The maximum Gasteiger partial charge on any atom is 0.330 e. The summed E-state index contributed by atoms with van der Waals surface area (Å²) in [6, 6.07) is 0. The Labute approximate surface area is 220 Å². The van der Waals surface area contributed by atoms with Crippen LogP contribution in [0.4, 0.5) is 0 Å². The number of rotatable bonds is 6. The number of carbonyl (C=O) groups excluding carboxylic acids is 1. The molecule has 0 bridgehead atoms. The summed E-state index contributed by atoms with van der Waals surface area (Å²) in [5.74, 6) is 0.266. The van der Waals surface area contributed by atoms with Gasteiger partial charge in [-0.25, -0.2) is 4.79 Å². The van der Waals surface area contributed by atoms with E-state index in [1.807, 2.05) is 6.92 Å². The van der Waals surface area contributed by atoms with Gasteiger partial charge in [-0.3, -0.25) is 19.1 Å². The predicted octanol–water partition coefficient (Wildman–Crippen LogP) is -0.977. The van der Waals surface area contributed by atoms with E-state index >= 15 is 0 Å². The van der Waals surface area contributed by atoms with Crippen LogP contribution in [-0.2, 0) is 14.3 Å². The molecule has 4 heterocycles. The molecule has 4 rings (SSSR count). The number of nitrogens with one attached hydrogen (secondary N) is 2. The van der Waals surface area contributed by atoms with E-state index in [4.69, 9.17) is 9.47 Å². The first-order valence-electron chi connectivity index (χ1n) is 12.4. The second-order valence-corrected chi connectivity index (χ2v) is 10.7. The van der Waals surface area contributed by atoms with Gasteiger partial charge in [0.15, 0.2) is 0 Å². The van der Waals surface area contributed by atoms with E-state index in [1.54, 1.807) is 31.9 Å². The molecular weight excluding hydrogens is 500 g/mol. The van der Waals surface area contributed by atoms with E-state index in [0.29, 0.717) is 29.8 Å². The molecule has 0 aromatic carbocycles. The fourth-order valence-electron chi connectivity index (χ4n) is 4.75. The lowest BCUT2D eigenvalue weighted by atomic mass is 9.84. The summed E-state index contributed by atoms with van der Waals surface area (Å²) in [7, 11) is 0. The highest BCUT2D eigenvalue weighted by atomic mass is 16.5. The lowest BCUT2D eigenvalue weighted by molar-refractivity contribution is -0.118. The van der Waals surface area contributed by atoms with Crippen LogP contribution in [0, 0.1) is 17.8 Å². The largest absolute Gasteiger partial charge is 0.396 e. The van der Waals surface area contributed by atoms with Crippen molar-refractivity contribution in [1.29, 1.82) is 0 Å². The summed E-state index contributed by atoms with van der Waals surface area (Å²) in [6.45, 7) is 10.2. The van der Waals surface area contributed by atoms with Crippen LogP contribution < -0.4 is 16.6 Å². The third kappa shape index (κ3) is 5.77. The second kappa shape index (κ2) is 11.5. The molecule has 1 unspecified atom stereocenters. The number of aryl methyl sites for hydroxylation is 1. The maximum atomic E-state index is 11.8. The van der Waals surface area contributed by atoms with Crippen LogP contribution in [0.25, 0.3) is 0 Å². The molecule has 3 aliphatic heterocycles. The van der Waals surface area contributed by atoms with Gasteiger partial charge in [-0.2, -0.15) is 0 Å². The highest BCUT2D eigenvalue weighted by Gasteiger charge is 2.47. The molecule has 6 atom stereocenters. The number of hydrogen-bond acceptors (Lipinski definition) is 10. The molecule has 0 saturated carbocycles. The van der Waals surface area contributed by atoms with Crippen LogP contribution in [0.2, 0.25) is 0 Å².